The van der Waals surface area contributed by atoms with Crippen LogP contribution in [-0.4, -0.2) is 29.0 Å². The normalized spacial score (nSPS) is 10.3. The molecule has 0 bridgehead atoms. The fraction of sp³-hybridized carbons (Fsp3) is 0.0588. The molecule has 0 spiro atoms. The van der Waals surface area contributed by atoms with Crippen molar-refractivity contribution in [3.63, 3.8) is 0 Å². The lowest BCUT2D eigenvalue weighted by Crippen LogP contribution is -2.21. The fourth-order valence-corrected chi connectivity index (χ4v) is 2.87. The molecular weight excluding hydrogens is 342 g/mol. The van der Waals surface area contributed by atoms with E-state index >= 15 is 0 Å². The predicted octanol–water partition coefficient (Wildman–Crippen LogP) is 2.54. The maximum Gasteiger partial charge on any atom is 0.346 e. The van der Waals surface area contributed by atoms with Gasteiger partial charge in [-0.3, -0.25) is 4.79 Å². The number of hydrogen-bond donors (Lipinski definition) is 2. The van der Waals surface area contributed by atoms with E-state index in [1.54, 1.807) is 18.2 Å². The fourth-order valence-electron chi connectivity index (χ4n) is 2.18. The Balaban J connectivity index is 1.87. The number of thiophene rings is 1. The van der Waals surface area contributed by atoms with Gasteiger partial charge in [0.1, 0.15) is 5.69 Å². The van der Waals surface area contributed by atoms with Crippen LogP contribution in [0.1, 0.15) is 20.8 Å². The summed E-state index contributed by atoms with van der Waals surface area (Å²) >= 11 is 1.44. The molecule has 0 aliphatic rings. The number of amides is 1. The minimum Gasteiger partial charge on any atom is -0.465 e. The van der Waals surface area contributed by atoms with E-state index in [9.17, 15) is 14.4 Å². The number of nitrogens with zero attached hydrogens (tertiary/aromatic N) is 1. The van der Waals surface area contributed by atoms with E-state index in [4.69, 9.17) is 0 Å². The van der Waals surface area contributed by atoms with Gasteiger partial charge in [0, 0.05) is 5.69 Å². The van der Waals surface area contributed by atoms with Crippen LogP contribution < -0.4 is 11.0 Å². The summed E-state index contributed by atoms with van der Waals surface area (Å²) in [6.07, 6.45) is 0. The molecule has 1 amide bonds. The van der Waals surface area contributed by atoms with E-state index in [0.29, 0.717) is 16.9 Å². The van der Waals surface area contributed by atoms with Gasteiger partial charge in [-0.15, -0.1) is 11.3 Å². The quantitative estimate of drug-likeness (QED) is 0.700. The van der Waals surface area contributed by atoms with Gasteiger partial charge in [0.15, 0.2) is 0 Å². The number of carbonyl (C=O) groups excluding carboxylic acids is 2. The van der Waals surface area contributed by atoms with Gasteiger partial charge in [-0.25, -0.2) is 9.59 Å². The average Bonchev–Trinajstić information content (AvgIpc) is 3.15. The SMILES string of the molecule is COC(=O)c1cccc(NC(=O)c2cc(-c3cccs3)[nH]c(=O)n2)c1. The third kappa shape index (κ3) is 3.81. The van der Waals surface area contributed by atoms with Gasteiger partial charge in [0.25, 0.3) is 5.91 Å². The summed E-state index contributed by atoms with van der Waals surface area (Å²) in [7, 11) is 1.28. The number of anilines is 1. The number of aromatic nitrogens is 2. The molecule has 0 unspecified atom stereocenters. The number of ether oxygens (including phenoxy) is 1. The summed E-state index contributed by atoms with van der Waals surface area (Å²) in [6, 6.07) is 11.5. The third-order valence-corrected chi connectivity index (χ3v) is 4.21. The van der Waals surface area contributed by atoms with E-state index in [0.717, 1.165) is 4.88 Å². The van der Waals surface area contributed by atoms with Gasteiger partial charge in [0.2, 0.25) is 0 Å². The second-order valence-electron chi connectivity index (χ2n) is 4.99. The molecule has 0 saturated heterocycles. The second-order valence-corrected chi connectivity index (χ2v) is 5.94. The number of hydrogen-bond acceptors (Lipinski definition) is 6. The van der Waals surface area contributed by atoms with Crippen LogP contribution in [0.5, 0.6) is 0 Å². The van der Waals surface area contributed by atoms with Gasteiger partial charge < -0.3 is 15.0 Å². The molecule has 2 aromatic heterocycles. The first-order valence-electron chi connectivity index (χ1n) is 7.22. The Morgan fingerprint density at radius 3 is 2.76 bits per heavy atom. The van der Waals surface area contributed by atoms with Crippen LogP contribution >= 0.6 is 11.3 Å². The molecule has 2 N–H and O–H groups in total. The molecular formula is C17H13N3O4S. The molecule has 0 saturated carbocycles. The first-order valence-corrected chi connectivity index (χ1v) is 8.10. The second kappa shape index (κ2) is 7.10. The summed E-state index contributed by atoms with van der Waals surface area (Å²) in [5.41, 5.74) is 0.588. The number of esters is 1. The number of nitrogens with one attached hydrogen (secondary N) is 2. The zero-order valence-electron chi connectivity index (χ0n) is 13.1. The molecule has 0 fully saturated rings. The lowest BCUT2D eigenvalue weighted by molar-refractivity contribution is 0.0600. The Kier molecular flexibility index (Phi) is 4.71. The lowest BCUT2D eigenvalue weighted by atomic mass is 10.2. The number of benzene rings is 1. The van der Waals surface area contributed by atoms with E-state index < -0.39 is 17.6 Å². The Morgan fingerprint density at radius 2 is 2.04 bits per heavy atom. The number of carbonyl (C=O) groups is 2. The largest absolute Gasteiger partial charge is 0.465 e. The molecule has 8 heteroatoms. The van der Waals surface area contributed by atoms with Crippen molar-refractivity contribution in [3.8, 4) is 10.6 Å². The summed E-state index contributed by atoms with van der Waals surface area (Å²) in [4.78, 5) is 42.8. The highest BCUT2D eigenvalue weighted by atomic mass is 32.1. The predicted molar refractivity (Wildman–Crippen MR) is 93.9 cm³/mol. The van der Waals surface area contributed by atoms with E-state index in [-0.39, 0.29) is 5.69 Å². The molecule has 2 heterocycles. The third-order valence-electron chi connectivity index (χ3n) is 3.31. The maximum absolute atomic E-state index is 12.4. The first-order chi connectivity index (χ1) is 12.1. The molecule has 0 aliphatic carbocycles. The summed E-state index contributed by atoms with van der Waals surface area (Å²) in [5, 5.41) is 4.49. The summed E-state index contributed by atoms with van der Waals surface area (Å²) in [6.45, 7) is 0. The minimum atomic E-state index is -0.612. The molecule has 126 valence electrons. The van der Waals surface area contributed by atoms with Gasteiger partial charge in [-0.05, 0) is 35.7 Å². The van der Waals surface area contributed by atoms with Gasteiger partial charge in [-0.2, -0.15) is 4.98 Å². The zero-order valence-corrected chi connectivity index (χ0v) is 13.9. The van der Waals surface area contributed by atoms with Crippen molar-refractivity contribution < 1.29 is 14.3 Å². The summed E-state index contributed by atoms with van der Waals surface area (Å²) < 4.78 is 4.65. The standard InChI is InChI=1S/C17H13N3O4S/c1-24-16(22)10-4-2-5-11(8-10)18-15(21)13-9-12(19-17(23)20-13)14-6-3-7-25-14/h2-9H,1H3,(H,18,21)(H,19,20,23). The van der Waals surface area contributed by atoms with Gasteiger partial charge in [0.05, 0.1) is 23.2 Å². The number of H-pyrrole nitrogens is 1. The summed E-state index contributed by atoms with van der Waals surface area (Å²) in [5.74, 6) is -1.06. The Bertz CT molecular complexity index is 980. The molecule has 1 aromatic carbocycles. The van der Waals surface area contributed by atoms with Crippen LogP contribution in [0.15, 0.2) is 52.6 Å². The van der Waals surface area contributed by atoms with Crippen LogP contribution in [0.2, 0.25) is 0 Å². The maximum atomic E-state index is 12.4. The topological polar surface area (TPSA) is 101 Å². The highest BCUT2D eigenvalue weighted by molar-refractivity contribution is 7.13. The highest BCUT2D eigenvalue weighted by Crippen LogP contribution is 2.22. The number of rotatable bonds is 4. The Labute approximate surface area is 146 Å². The zero-order chi connectivity index (χ0) is 17.8. The number of aromatic amines is 1. The molecule has 7 nitrogen and oxygen atoms in total. The van der Waals surface area contributed by atoms with E-state index in [1.165, 1.54) is 30.6 Å². The molecule has 3 aromatic rings. The molecule has 25 heavy (non-hydrogen) atoms. The van der Waals surface area contributed by atoms with E-state index in [1.807, 2.05) is 17.5 Å². The molecule has 0 aliphatic heterocycles. The smallest absolute Gasteiger partial charge is 0.346 e. The van der Waals surface area contributed by atoms with Crippen molar-refractivity contribution in [2.45, 2.75) is 0 Å². The van der Waals surface area contributed by atoms with Crippen molar-refractivity contribution in [1.29, 1.82) is 0 Å². The molecule has 3 rings (SSSR count). The van der Waals surface area contributed by atoms with Crippen molar-refractivity contribution in [2.24, 2.45) is 0 Å². The van der Waals surface area contributed by atoms with Crippen LogP contribution in [-0.2, 0) is 4.74 Å². The lowest BCUT2D eigenvalue weighted by Gasteiger charge is -2.07. The van der Waals surface area contributed by atoms with E-state index in [2.05, 4.69) is 20.0 Å². The number of methoxy groups -OCH3 is 1. The van der Waals surface area contributed by atoms with Crippen molar-refractivity contribution >= 4 is 28.9 Å². The van der Waals surface area contributed by atoms with Crippen molar-refractivity contribution in [1.82, 2.24) is 9.97 Å². The van der Waals surface area contributed by atoms with Crippen LogP contribution in [0, 0.1) is 0 Å². The minimum absolute atomic E-state index is 0.0179. The first kappa shape index (κ1) is 16.6. The molecule has 0 radical (unpaired) electrons. The van der Waals surface area contributed by atoms with Crippen LogP contribution in [0.4, 0.5) is 5.69 Å². The monoisotopic (exact) mass is 355 g/mol. The van der Waals surface area contributed by atoms with Gasteiger partial charge in [-0.1, -0.05) is 12.1 Å². The Morgan fingerprint density at radius 1 is 1.20 bits per heavy atom. The van der Waals surface area contributed by atoms with Crippen molar-refractivity contribution in [3.05, 3.63) is 69.6 Å². The Hall–Kier alpha value is -3.26. The average molecular weight is 355 g/mol. The van der Waals surface area contributed by atoms with Crippen LogP contribution in [0.25, 0.3) is 10.6 Å². The molecule has 0 atom stereocenters. The van der Waals surface area contributed by atoms with Gasteiger partial charge >= 0.3 is 11.7 Å². The highest BCUT2D eigenvalue weighted by Gasteiger charge is 2.13. The van der Waals surface area contributed by atoms with Crippen LogP contribution in [0.3, 0.4) is 0 Å². The van der Waals surface area contributed by atoms with Crippen molar-refractivity contribution in [2.75, 3.05) is 12.4 Å².